The molecule has 0 saturated heterocycles. The third-order valence-corrected chi connectivity index (χ3v) is 4.89. The molecule has 0 fully saturated rings. The first kappa shape index (κ1) is 18.0. The molecular formula is C23H24N4O. The van der Waals surface area contributed by atoms with E-state index in [0.29, 0.717) is 19.0 Å². The molecule has 0 bridgehead atoms. The van der Waals surface area contributed by atoms with E-state index in [1.165, 1.54) is 0 Å². The molecule has 0 aliphatic rings. The van der Waals surface area contributed by atoms with Crippen LogP contribution >= 0.6 is 0 Å². The monoisotopic (exact) mass is 372 g/mol. The third-order valence-electron chi connectivity index (χ3n) is 4.89. The van der Waals surface area contributed by atoms with Crippen molar-refractivity contribution in [1.82, 2.24) is 19.7 Å². The number of aromatic nitrogens is 3. The van der Waals surface area contributed by atoms with E-state index in [0.717, 1.165) is 28.7 Å². The van der Waals surface area contributed by atoms with Gasteiger partial charge in [0.25, 0.3) is 0 Å². The van der Waals surface area contributed by atoms with Gasteiger partial charge in [-0.1, -0.05) is 55.5 Å². The normalized spacial score (nSPS) is 12.2. The van der Waals surface area contributed by atoms with E-state index in [-0.39, 0.29) is 5.91 Å². The number of rotatable bonds is 7. The van der Waals surface area contributed by atoms with Gasteiger partial charge in [0.15, 0.2) is 0 Å². The molecule has 1 atom stereocenters. The topological polar surface area (TPSA) is 51.9 Å². The molecule has 4 aromatic rings. The van der Waals surface area contributed by atoms with Gasteiger partial charge in [0.2, 0.25) is 5.91 Å². The molecule has 2 heterocycles. The lowest BCUT2D eigenvalue weighted by Gasteiger charge is -2.15. The highest BCUT2D eigenvalue weighted by Gasteiger charge is 2.14. The number of carbonyl (C=O) groups is 1. The highest BCUT2D eigenvalue weighted by atomic mass is 16.1. The van der Waals surface area contributed by atoms with E-state index in [1.807, 2.05) is 47.3 Å². The molecule has 5 nitrogen and oxygen atoms in total. The van der Waals surface area contributed by atoms with E-state index >= 15 is 0 Å². The molecule has 5 heteroatoms. The number of amides is 1. The zero-order chi connectivity index (χ0) is 19.3. The lowest BCUT2D eigenvalue weighted by atomic mass is 10.1. The summed E-state index contributed by atoms with van der Waals surface area (Å²) in [7, 11) is 0. The van der Waals surface area contributed by atoms with Crippen LogP contribution in [0.4, 0.5) is 0 Å². The minimum atomic E-state index is 0.0193. The Bertz CT molecular complexity index is 1050. The van der Waals surface area contributed by atoms with Gasteiger partial charge < -0.3 is 9.88 Å². The molecule has 28 heavy (non-hydrogen) atoms. The van der Waals surface area contributed by atoms with Crippen molar-refractivity contribution in [2.24, 2.45) is 5.92 Å². The van der Waals surface area contributed by atoms with E-state index in [1.54, 1.807) is 6.20 Å². The highest BCUT2D eigenvalue weighted by molar-refractivity contribution is 5.89. The summed E-state index contributed by atoms with van der Waals surface area (Å²) in [5, 5.41) is 8.44. The van der Waals surface area contributed by atoms with Crippen LogP contribution in [0.1, 0.15) is 6.92 Å². The van der Waals surface area contributed by atoms with E-state index < -0.39 is 0 Å². The number of para-hydroxylation sites is 1. The quantitative estimate of drug-likeness (QED) is 0.534. The number of fused-ring (bicyclic) bond motifs is 1. The Kier molecular flexibility index (Phi) is 5.24. The molecule has 0 radical (unpaired) electrons. The molecule has 2 aromatic carbocycles. The fourth-order valence-corrected chi connectivity index (χ4v) is 3.51. The van der Waals surface area contributed by atoms with Crippen LogP contribution < -0.4 is 5.32 Å². The van der Waals surface area contributed by atoms with Gasteiger partial charge in [0.1, 0.15) is 6.54 Å². The van der Waals surface area contributed by atoms with E-state index in [9.17, 15) is 4.79 Å². The average molecular weight is 372 g/mol. The van der Waals surface area contributed by atoms with Crippen molar-refractivity contribution in [3.8, 4) is 11.3 Å². The van der Waals surface area contributed by atoms with Gasteiger partial charge in [-0.3, -0.25) is 9.48 Å². The Hall–Kier alpha value is -3.34. The van der Waals surface area contributed by atoms with Crippen molar-refractivity contribution in [2.75, 3.05) is 6.54 Å². The molecule has 1 unspecified atom stereocenters. The molecule has 0 aliphatic carbocycles. The maximum atomic E-state index is 12.7. The number of hydrogen-bond donors (Lipinski definition) is 1. The molecule has 0 aliphatic heterocycles. The summed E-state index contributed by atoms with van der Waals surface area (Å²) < 4.78 is 3.99. The first-order chi connectivity index (χ1) is 13.7. The number of hydrogen-bond acceptors (Lipinski definition) is 2. The van der Waals surface area contributed by atoms with Crippen LogP contribution in [0.5, 0.6) is 0 Å². The second kappa shape index (κ2) is 8.13. The second-order valence-electron chi connectivity index (χ2n) is 7.18. The van der Waals surface area contributed by atoms with E-state index in [4.69, 9.17) is 0 Å². The maximum Gasteiger partial charge on any atom is 0.239 e. The van der Waals surface area contributed by atoms with Crippen LogP contribution in [0, 0.1) is 5.92 Å². The Morgan fingerprint density at radius 1 is 1.07 bits per heavy atom. The largest absolute Gasteiger partial charge is 0.354 e. The summed E-state index contributed by atoms with van der Waals surface area (Å²) in [6, 6.07) is 22.5. The molecule has 142 valence electrons. The van der Waals surface area contributed by atoms with Gasteiger partial charge in [-0.25, -0.2) is 0 Å². The molecular weight excluding hydrogens is 348 g/mol. The number of nitrogens with zero attached hydrogens (tertiary/aromatic N) is 3. The zero-order valence-electron chi connectivity index (χ0n) is 16.0. The first-order valence-electron chi connectivity index (χ1n) is 9.58. The molecule has 0 saturated carbocycles. The minimum Gasteiger partial charge on any atom is -0.354 e. The van der Waals surface area contributed by atoms with Crippen molar-refractivity contribution < 1.29 is 4.79 Å². The predicted octanol–water partition coefficient (Wildman–Crippen LogP) is 3.96. The predicted molar refractivity (Wildman–Crippen MR) is 112 cm³/mol. The zero-order valence-corrected chi connectivity index (χ0v) is 16.0. The lowest BCUT2D eigenvalue weighted by Crippen LogP contribution is -2.32. The smallest absolute Gasteiger partial charge is 0.239 e. The molecule has 1 N–H and O–H groups in total. The summed E-state index contributed by atoms with van der Waals surface area (Å²) in [5.74, 6) is 0.324. The number of nitrogens with one attached hydrogen (secondary N) is 1. The Labute approximate surface area is 164 Å². The van der Waals surface area contributed by atoms with Crippen molar-refractivity contribution in [3.63, 3.8) is 0 Å². The first-order valence-corrected chi connectivity index (χ1v) is 9.58. The summed E-state index contributed by atoms with van der Waals surface area (Å²) >= 11 is 0. The van der Waals surface area contributed by atoms with E-state index in [2.05, 4.69) is 52.2 Å². The molecule has 2 aromatic heterocycles. The summed E-state index contributed by atoms with van der Waals surface area (Å²) in [6.07, 6.45) is 3.71. The standard InChI is InChI=1S/C23H24N4O/c1-18(16-26-13-7-12-25-26)15-24-23(28)17-27-21-11-6-5-10-20(21)14-22(27)19-8-3-2-4-9-19/h2-14,18H,15-17H2,1H3,(H,24,28). The fourth-order valence-electron chi connectivity index (χ4n) is 3.51. The van der Waals surface area contributed by atoms with Crippen LogP contribution in [0.15, 0.2) is 79.1 Å². The van der Waals surface area contributed by atoms with Crippen molar-refractivity contribution in [1.29, 1.82) is 0 Å². The van der Waals surface area contributed by atoms with Crippen LogP contribution in [0.2, 0.25) is 0 Å². The van der Waals surface area contributed by atoms with Crippen LogP contribution in [0.25, 0.3) is 22.2 Å². The molecule has 4 rings (SSSR count). The SMILES string of the molecule is CC(CNC(=O)Cn1c(-c2ccccc2)cc2ccccc21)Cn1cccn1. The lowest BCUT2D eigenvalue weighted by molar-refractivity contribution is -0.121. The molecule has 0 spiro atoms. The average Bonchev–Trinajstić information content (AvgIpc) is 3.35. The van der Waals surface area contributed by atoms with Crippen molar-refractivity contribution in [2.45, 2.75) is 20.0 Å². The summed E-state index contributed by atoms with van der Waals surface area (Å²) in [4.78, 5) is 12.7. The van der Waals surface area contributed by atoms with Crippen LogP contribution in [0.3, 0.4) is 0 Å². The summed E-state index contributed by atoms with van der Waals surface area (Å²) in [6.45, 7) is 3.82. The highest BCUT2D eigenvalue weighted by Crippen LogP contribution is 2.28. The van der Waals surface area contributed by atoms with Gasteiger partial charge in [0.05, 0.1) is 0 Å². The Balaban J connectivity index is 1.50. The number of carbonyl (C=O) groups excluding carboxylic acids is 1. The van der Waals surface area contributed by atoms with Gasteiger partial charge in [-0.15, -0.1) is 0 Å². The number of benzene rings is 2. The maximum absolute atomic E-state index is 12.7. The van der Waals surface area contributed by atoms with Crippen LogP contribution in [-0.2, 0) is 17.9 Å². The molecule has 1 amide bonds. The second-order valence-corrected chi connectivity index (χ2v) is 7.18. The minimum absolute atomic E-state index is 0.0193. The van der Waals surface area contributed by atoms with Gasteiger partial charge in [-0.05, 0) is 29.7 Å². The van der Waals surface area contributed by atoms with Crippen molar-refractivity contribution >= 4 is 16.8 Å². The Morgan fingerprint density at radius 3 is 2.64 bits per heavy atom. The third kappa shape index (κ3) is 3.98. The van der Waals surface area contributed by atoms with Crippen LogP contribution in [-0.4, -0.2) is 26.8 Å². The van der Waals surface area contributed by atoms with Gasteiger partial charge >= 0.3 is 0 Å². The van der Waals surface area contributed by atoms with Crippen molar-refractivity contribution in [3.05, 3.63) is 79.1 Å². The fraction of sp³-hybridized carbons (Fsp3) is 0.217. The van der Waals surface area contributed by atoms with Gasteiger partial charge in [0, 0.05) is 42.1 Å². The summed E-state index contributed by atoms with van der Waals surface area (Å²) in [5.41, 5.74) is 3.24. The Morgan fingerprint density at radius 2 is 1.86 bits per heavy atom. The van der Waals surface area contributed by atoms with Gasteiger partial charge in [-0.2, -0.15) is 5.10 Å².